The van der Waals surface area contributed by atoms with Crippen LogP contribution in [0.1, 0.15) is 45.0 Å². The third-order valence-electron chi connectivity index (χ3n) is 4.83. The van der Waals surface area contributed by atoms with Gasteiger partial charge in [-0.25, -0.2) is 4.79 Å². The van der Waals surface area contributed by atoms with Gasteiger partial charge in [0.15, 0.2) is 19.0 Å². The predicted octanol–water partition coefficient (Wildman–Crippen LogP) is 3.94. The third kappa shape index (κ3) is 9.48. The number of halogens is 1. The van der Waals surface area contributed by atoms with Crippen LogP contribution < -0.4 is 10.6 Å². The minimum atomic E-state index is -0.686. The summed E-state index contributed by atoms with van der Waals surface area (Å²) in [6.07, 6.45) is 0.306. The molecule has 2 aromatic carbocycles. The fourth-order valence-electron chi connectivity index (χ4n) is 2.96. The SMILES string of the molecule is Cc1nnc(NC(=O)CCCC(=O)OCC(=O)Nc2ccc(C(=O)OCC(=O)c3ccc(Br)cc3)cc2)s1. The molecule has 0 fully saturated rings. The van der Waals surface area contributed by atoms with Gasteiger partial charge in [0.1, 0.15) is 5.01 Å². The number of anilines is 2. The Balaban J connectivity index is 1.33. The molecule has 3 rings (SSSR count). The van der Waals surface area contributed by atoms with E-state index in [2.05, 4.69) is 36.8 Å². The van der Waals surface area contributed by atoms with Gasteiger partial charge in [-0.1, -0.05) is 39.4 Å². The maximum Gasteiger partial charge on any atom is 0.338 e. The van der Waals surface area contributed by atoms with E-state index in [-0.39, 0.29) is 36.5 Å². The molecule has 0 aliphatic carbocycles. The Hall–Kier alpha value is -3.97. The van der Waals surface area contributed by atoms with Crippen LogP contribution >= 0.6 is 27.3 Å². The third-order valence-corrected chi connectivity index (χ3v) is 6.11. The number of nitrogens with one attached hydrogen (secondary N) is 2. The van der Waals surface area contributed by atoms with Crippen molar-refractivity contribution >= 4 is 67.6 Å². The fraction of sp³-hybridized carbons (Fsp3) is 0.240. The molecule has 0 bridgehead atoms. The monoisotopic (exact) mass is 602 g/mol. The smallest absolute Gasteiger partial charge is 0.338 e. The van der Waals surface area contributed by atoms with Crippen LogP contribution in [-0.2, 0) is 23.9 Å². The number of ketones is 1. The molecular formula is C25H23BrN4O7S. The van der Waals surface area contributed by atoms with Crippen molar-refractivity contribution in [3.05, 3.63) is 69.1 Å². The van der Waals surface area contributed by atoms with Crippen LogP contribution in [0, 0.1) is 6.92 Å². The van der Waals surface area contributed by atoms with E-state index in [0.717, 1.165) is 9.48 Å². The Morgan fingerprint density at radius 1 is 0.816 bits per heavy atom. The number of benzene rings is 2. The van der Waals surface area contributed by atoms with Gasteiger partial charge in [0.05, 0.1) is 5.56 Å². The summed E-state index contributed by atoms with van der Waals surface area (Å²) in [6, 6.07) is 12.5. The van der Waals surface area contributed by atoms with Crippen molar-refractivity contribution in [3.63, 3.8) is 0 Å². The molecule has 3 aromatic rings. The van der Waals surface area contributed by atoms with Gasteiger partial charge in [-0.15, -0.1) is 10.2 Å². The molecule has 2 N–H and O–H groups in total. The van der Waals surface area contributed by atoms with Gasteiger partial charge in [-0.05, 0) is 49.7 Å². The van der Waals surface area contributed by atoms with Gasteiger partial charge in [0.25, 0.3) is 5.91 Å². The fourth-order valence-corrected chi connectivity index (χ4v) is 3.83. The maximum atomic E-state index is 12.2. The summed E-state index contributed by atoms with van der Waals surface area (Å²) in [5, 5.41) is 13.8. The van der Waals surface area contributed by atoms with Gasteiger partial charge in [-0.3, -0.25) is 19.2 Å². The number of hydrogen-bond donors (Lipinski definition) is 2. The van der Waals surface area contributed by atoms with Gasteiger partial charge in [-0.2, -0.15) is 0 Å². The highest BCUT2D eigenvalue weighted by Crippen LogP contribution is 2.15. The van der Waals surface area contributed by atoms with Crippen LogP contribution in [0.4, 0.5) is 10.8 Å². The summed E-state index contributed by atoms with van der Waals surface area (Å²) < 4.78 is 10.8. The number of hydrogen-bond acceptors (Lipinski definition) is 10. The van der Waals surface area contributed by atoms with E-state index in [0.29, 0.717) is 16.4 Å². The van der Waals surface area contributed by atoms with Crippen LogP contribution in [-0.4, -0.2) is 52.9 Å². The van der Waals surface area contributed by atoms with Crippen molar-refractivity contribution in [3.8, 4) is 0 Å². The van der Waals surface area contributed by atoms with Crippen molar-refractivity contribution in [1.29, 1.82) is 0 Å². The first kappa shape index (κ1) is 28.6. The number of amides is 2. The number of carbonyl (C=O) groups excluding carboxylic acids is 5. The van der Waals surface area contributed by atoms with E-state index in [1.165, 1.54) is 35.6 Å². The molecule has 0 radical (unpaired) electrons. The summed E-state index contributed by atoms with van der Waals surface area (Å²) in [6.45, 7) is 0.859. The van der Waals surface area contributed by atoms with E-state index in [1.807, 2.05) is 0 Å². The maximum absolute atomic E-state index is 12.2. The molecule has 38 heavy (non-hydrogen) atoms. The Bertz CT molecular complexity index is 1310. The zero-order chi connectivity index (χ0) is 27.5. The molecule has 2 amide bonds. The minimum Gasteiger partial charge on any atom is -0.456 e. The van der Waals surface area contributed by atoms with Crippen molar-refractivity contribution in [1.82, 2.24) is 10.2 Å². The van der Waals surface area contributed by atoms with Crippen LogP contribution in [0.15, 0.2) is 53.0 Å². The number of rotatable bonds is 12. The molecule has 0 spiro atoms. The van der Waals surface area contributed by atoms with Crippen LogP contribution in [0.2, 0.25) is 0 Å². The topological polar surface area (TPSA) is 154 Å². The van der Waals surface area contributed by atoms with Crippen LogP contribution in [0.25, 0.3) is 0 Å². The van der Waals surface area contributed by atoms with Gasteiger partial charge in [0.2, 0.25) is 11.0 Å². The van der Waals surface area contributed by atoms with E-state index in [9.17, 15) is 24.0 Å². The first-order chi connectivity index (χ1) is 18.2. The molecular weight excluding hydrogens is 580 g/mol. The summed E-state index contributed by atoms with van der Waals surface area (Å²) in [7, 11) is 0. The zero-order valence-electron chi connectivity index (χ0n) is 20.2. The number of nitrogens with zero attached hydrogens (tertiary/aromatic N) is 2. The Labute approximate surface area is 230 Å². The highest BCUT2D eigenvalue weighted by atomic mass is 79.9. The lowest BCUT2D eigenvalue weighted by molar-refractivity contribution is -0.147. The molecule has 1 aromatic heterocycles. The normalized spacial score (nSPS) is 10.4. The highest BCUT2D eigenvalue weighted by molar-refractivity contribution is 9.10. The summed E-state index contributed by atoms with van der Waals surface area (Å²) in [5.41, 5.74) is 0.991. The molecule has 11 nitrogen and oxygen atoms in total. The van der Waals surface area contributed by atoms with E-state index in [1.54, 1.807) is 31.2 Å². The van der Waals surface area contributed by atoms with E-state index in [4.69, 9.17) is 9.47 Å². The summed E-state index contributed by atoms with van der Waals surface area (Å²) in [5.74, 6) is -2.51. The second kappa shape index (κ2) is 14.1. The van der Waals surface area contributed by atoms with Gasteiger partial charge in [0, 0.05) is 28.6 Å². The van der Waals surface area contributed by atoms with Gasteiger partial charge >= 0.3 is 11.9 Å². The predicted molar refractivity (Wildman–Crippen MR) is 142 cm³/mol. The molecule has 198 valence electrons. The summed E-state index contributed by atoms with van der Waals surface area (Å²) >= 11 is 4.53. The zero-order valence-corrected chi connectivity index (χ0v) is 22.6. The molecule has 0 aliphatic heterocycles. The minimum absolute atomic E-state index is 0.0308. The lowest BCUT2D eigenvalue weighted by atomic mass is 10.1. The molecule has 0 unspecified atom stereocenters. The Kier molecular flexibility index (Phi) is 10.6. The van der Waals surface area contributed by atoms with E-state index >= 15 is 0 Å². The number of ether oxygens (including phenoxy) is 2. The Morgan fingerprint density at radius 3 is 2.16 bits per heavy atom. The van der Waals surface area contributed by atoms with E-state index < -0.39 is 31.1 Å². The molecule has 0 aliphatic rings. The average Bonchev–Trinajstić information content (AvgIpc) is 3.30. The molecule has 0 atom stereocenters. The molecule has 1 heterocycles. The first-order valence-electron chi connectivity index (χ1n) is 11.3. The Morgan fingerprint density at radius 2 is 1.50 bits per heavy atom. The van der Waals surface area contributed by atoms with Crippen molar-refractivity contribution in [2.24, 2.45) is 0 Å². The lowest BCUT2D eigenvalue weighted by Crippen LogP contribution is -2.21. The lowest BCUT2D eigenvalue weighted by Gasteiger charge is -2.08. The highest BCUT2D eigenvalue weighted by Gasteiger charge is 2.14. The van der Waals surface area contributed by atoms with Gasteiger partial charge < -0.3 is 20.1 Å². The number of Topliss-reactive ketones (excluding diaryl/α,β-unsaturated/α-hetero) is 1. The number of esters is 2. The van der Waals surface area contributed by atoms with Crippen molar-refractivity contribution in [2.45, 2.75) is 26.2 Å². The quantitative estimate of drug-likeness (QED) is 0.232. The van der Waals surface area contributed by atoms with Crippen LogP contribution in [0.5, 0.6) is 0 Å². The number of aromatic nitrogens is 2. The number of carbonyl (C=O) groups is 5. The number of aryl methyl sites for hydroxylation is 1. The average molecular weight is 603 g/mol. The first-order valence-corrected chi connectivity index (χ1v) is 12.9. The molecule has 13 heteroatoms. The second-order valence-corrected chi connectivity index (χ2v) is 9.92. The summed E-state index contributed by atoms with van der Waals surface area (Å²) in [4.78, 5) is 60.1. The largest absolute Gasteiger partial charge is 0.456 e. The molecule has 0 saturated heterocycles. The standard InChI is InChI=1S/C25H23BrN4O7S/c1-15-29-30-25(38-15)28-21(32)3-2-4-23(34)36-14-22(33)27-19-11-7-17(8-12-19)24(35)37-13-20(31)16-5-9-18(26)10-6-16/h5-12H,2-4,13-14H2,1H3,(H,27,33)(H,28,30,32). The van der Waals surface area contributed by atoms with Crippen molar-refractivity contribution in [2.75, 3.05) is 23.8 Å². The molecule has 0 saturated carbocycles. The second-order valence-electron chi connectivity index (χ2n) is 7.82. The van der Waals surface area contributed by atoms with Crippen molar-refractivity contribution < 1.29 is 33.4 Å². The van der Waals surface area contributed by atoms with Crippen LogP contribution in [0.3, 0.4) is 0 Å².